The average molecular weight is 217 g/mol. The quantitative estimate of drug-likeness (QED) is 0.854. The summed E-state index contributed by atoms with van der Waals surface area (Å²) in [5.41, 5.74) is 7.77. The van der Waals surface area contributed by atoms with Crippen molar-refractivity contribution in [1.29, 1.82) is 0 Å². The highest BCUT2D eigenvalue weighted by Gasteiger charge is 2.03. The molecule has 0 atom stereocenters. The Morgan fingerprint density at radius 1 is 1.44 bits per heavy atom. The van der Waals surface area contributed by atoms with Gasteiger partial charge in [-0.2, -0.15) is 0 Å². The van der Waals surface area contributed by atoms with Crippen LogP contribution in [0.2, 0.25) is 0 Å². The van der Waals surface area contributed by atoms with Gasteiger partial charge in [0.15, 0.2) is 5.95 Å². The minimum Gasteiger partial charge on any atom is -0.487 e. The molecule has 1 aromatic carbocycles. The van der Waals surface area contributed by atoms with E-state index in [0.717, 1.165) is 11.4 Å². The SMILES string of the molecule is Cc1cccc(OCc2cnc(N)n2C)c1. The van der Waals surface area contributed by atoms with Crippen LogP contribution in [0.3, 0.4) is 0 Å². The molecule has 0 bridgehead atoms. The Kier molecular flexibility index (Phi) is 2.81. The zero-order valence-electron chi connectivity index (χ0n) is 9.47. The molecule has 16 heavy (non-hydrogen) atoms. The van der Waals surface area contributed by atoms with Gasteiger partial charge in [0.1, 0.15) is 12.4 Å². The highest BCUT2D eigenvalue weighted by Crippen LogP contribution is 2.14. The Balaban J connectivity index is 2.05. The highest BCUT2D eigenvalue weighted by atomic mass is 16.5. The molecule has 4 heteroatoms. The van der Waals surface area contributed by atoms with E-state index in [1.807, 2.05) is 42.8 Å². The first-order chi connectivity index (χ1) is 7.66. The van der Waals surface area contributed by atoms with Gasteiger partial charge in [0.05, 0.1) is 11.9 Å². The molecular formula is C12H15N3O. The number of rotatable bonds is 3. The third-order valence-corrected chi connectivity index (χ3v) is 2.50. The van der Waals surface area contributed by atoms with Crippen molar-refractivity contribution in [3.05, 3.63) is 41.7 Å². The second kappa shape index (κ2) is 4.26. The predicted molar refractivity (Wildman–Crippen MR) is 63.1 cm³/mol. The topological polar surface area (TPSA) is 53.1 Å². The third kappa shape index (κ3) is 2.16. The van der Waals surface area contributed by atoms with Crippen molar-refractivity contribution in [2.45, 2.75) is 13.5 Å². The number of aromatic nitrogens is 2. The van der Waals surface area contributed by atoms with Gasteiger partial charge in [-0.15, -0.1) is 0 Å². The van der Waals surface area contributed by atoms with Gasteiger partial charge < -0.3 is 15.0 Å². The summed E-state index contributed by atoms with van der Waals surface area (Å²) in [4.78, 5) is 4.01. The number of aryl methyl sites for hydroxylation is 1. The number of benzene rings is 1. The molecule has 2 N–H and O–H groups in total. The summed E-state index contributed by atoms with van der Waals surface area (Å²) in [6.07, 6.45) is 1.73. The summed E-state index contributed by atoms with van der Waals surface area (Å²) in [6.45, 7) is 2.51. The van der Waals surface area contributed by atoms with E-state index in [1.54, 1.807) is 6.20 Å². The van der Waals surface area contributed by atoms with Gasteiger partial charge in [0.25, 0.3) is 0 Å². The van der Waals surface area contributed by atoms with Gasteiger partial charge in [-0.25, -0.2) is 4.98 Å². The van der Waals surface area contributed by atoms with Crippen molar-refractivity contribution in [1.82, 2.24) is 9.55 Å². The molecule has 0 saturated heterocycles. The number of hydrogen-bond acceptors (Lipinski definition) is 3. The summed E-state index contributed by atoms with van der Waals surface area (Å²) in [5.74, 6) is 1.36. The van der Waals surface area contributed by atoms with Crippen LogP contribution >= 0.6 is 0 Å². The van der Waals surface area contributed by atoms with Crippen molar-refractivity contribution in [2.75, 3.05) is 5.73 Å². The summed E-state index contributed by atoms with van der Waals surface area (Å²) >= 11 is 0. The van der Waals surface area contributed by atoms with Crippen LogP contribution in [-0.4, -0.2) is 9.55 Å². The lowest BCUT2D eigenvalue weighted by Crippen LogP contribution is -2.04. The minimum atomic E-state index is 0.476. The molecule has 84 valence electrons. The smallest absolute Gasteiger partial charge is 0.200 e. The summed E-state index contributed by atoms with van der Waals surface area (Å²) in [5, 5.41) is 0. The molecule has 0 aliphatic carbocycles. The van der Waals surface area contributed by atoms with Crippen LogP contribution in [0.5, 0.6) is 5.75 Å². The summed E-state index contributed by atoms with van der Waals surface area (Å²) in [6, 6.07) is 7.95. The molecule has 1 aromatic heterocycles. The lowest BCUT2D eigenvalue weighted by Gasteiger charge is -2.07. The molecule has 2 rings (SSSR count). The molecule has 0 aliphatic rings. The zero-order valence-corrected chi connectivity index (χ0v) is 9.47. The van der Waals surface area contributed by atoms with Gasteiger partial charge in [-0.1, -0.05) is 12.1 Å². The Morgan fingerprint density at radius 2 is 2.25 bits per heavy atom. The Hall–Kier alpha value is -1.97. The second-order valence-electron chi connectivity index (χ2n) is 3.77. The van der Waals surface area contributed by atoms with Crippen molar-refractivity contribution >= 4 is 5.95 Å². The fraction of sp³-hybridized carbons (Fsp3) is 0.250. The van der Waals surface area contributed by atoms with Crippen LogP contribution in [-0.2, 0) is 13.7 Å². The highest BCUT2D eigenvalue weighted by molar-refractivity contribution is 5.28. The van der Waals surface area contributed by atoms with Crippen molar-refractivity contribution < 1.29 is 4.74 Å². The van der Waals surface area contributed by atoms with E-state index >= 15 is 0 Å². The molecule has 0 fully saturated rings. The van der Waals surface area contributed by atoms with Gasteiger partial charge in [0.2, 0.25) is 0 Å². The first kappa shape index (κ1) is 10.5. The van der Waals surface area contributed by atoms with Crippen LogP contribution < -0.4 is 10.5 Å². The van der Waals surface area contributed by atoms with Crippen molar-refractivity contribution in [2.24, 2.45) is 7.05 Å². The maximum atomic E-state index is 5.65. The Bertz CT molecular complexity index is 491. The number of anilines is 1. The maximum absolute atomic E-state index is 5.65. The van der Waals surface area contributed by atoms with Crippen molar-refractivity contribution in [3.63, 3.8) is 0 Å². The second-order valence-corrected chi connectivity index (χ2v) is 3.77. The van der Waals surface area contributed by atoms with E-state index in [1.165, 1.54) is 5.56 Å². The minimum absolute atomic E-state index is 0.476. The standard InChI is InChI=1S/C12H15N3O/c1-9-4-3-5-11(6-9)16-8-10-7-14-12(13)15(10)2/h3-7H,8H2,1-2H3,(H2,13,14). The summed E-state index contributed by atoms with van der Waals surface area (Å²) in [7, 11) is 1.87. The molecule has 0 unspecified atom stereocenters. The first-order valence-electron chi connectivity index (χ1n) is 5.12. The van der Waals surface area contributed by atoms with E-state index < -0.39 is 0 Å². The lowest BCUT2D eigenvalue weighted by molar-refractivity contribution is 0.297. The first-order valence-corrected chi connectivity index (χ1v) is 5.12. The van der Waals surface area contributed by atoms with Gasteiger partial charge in [0, 0.05) is 7.05 Å². The fourth-order valence-corrected chi connectivity index (χ4v) is 1.46. The van der Waals surface area contributed by atoms with Crippen LogP contribution in [0, 0.1) is 6.92 Å². The Labute approximate surface area is 94.7 Å². The number of nitrogens with zero attached hydrogens (tertiary/aromatic N) is 2. The number of hydrogen-bond donors (Lipinski definition) is 1. The zero-order chi connectivity index (χ0) is 11.5. The number of nitrogens with two attached hydrogens (primary N) is 1. The average Bonchev–Trinajstić information content (AvgIpc) is 2.57. The third-order valence-electron chi connectivity index (χ3n) is 2.50. The number of nitrogen functional groups attached to an aromatic ring is 1. The molecular weight excluding hydrogens is 202 g/mol. The van der Waals surface area contributed by atoms with Crippen LogP contribution in [0.1, 0.15) is 11.3 Å². The van der Waals surface area contributed by atoms with Crippen LogP contribution in [0.15, 0.2) is 30.5 Å². The molecule has 2 aromatic rings. The van der Waals surface area contributed by atoms with Crippen LogP contribution in [0.25, 0.3) is 0 Å². The van der Waals surface area contributed by atoms with Gasteiger partial charge in [-0.3, -0.25) is 0 Å². The maximum Gasteiger partial charge on any atom is 0.200 e. The molecule has 0 amide bonds. The molecule has 0 spiro atoms. The predicted octanol–water partition coefficient (Wildman–Crippen LogP) is 1.89. The van der Waals surface area contributed by atoms with E-state index in [0.29, 0.717) is 12.6 Å². The largest absolute Gasteiger partial charge is 0.487 e. The molecule has 1 heterocycles. The monoisotopic (exact) mass is 217 g/mol. The lowest BCUT2D eigenvalue weighted by atomic mass is 10.2. The fourth-order valence-electron chi connectivity index (χ4n) is 1.46. The van der Waals surface area contributed by atoms with E-state index in [2.05, 4.69) is 4.98 Å². The van der Waals surface area contributed by atoms with Gasteiger partial charge >= 0.3 is 0 Å². The molecule has 4 nitrogen and oxygen atoms in total. The number of imidazole rings is 1. The summed E-state index contributed by atoms with van der Waals surface area (Å²) < 4.78 is 7.47. The van der Waals surface area contributed by atoms with E-state index in [9.17, 15) is 0 Å². The van der Waals surface area contributed by atoms with E-state index in [-0.39, 0.29) is 0 Å². The number of ether oxygens (including phenoxy) is 1. The van der Waals surface area contributed by atoms with Gasteiger partial charge in [-0.05, 0) is 24.6 Å². The normalized spacial score (nSPS) is 10.4. The molecule has 0 aliphatic heterocycles. The van der Waals surface area contributed by atoms with E-state index in [4.69, 9.17) is 10.5 Å². The molecule has 0 saturated carbocycles. The molecule has 0 radical (unpaired) electrons. The van der Waals surface area contributed by atoms with Crippen molar-refractivity contribution in [3.8, 4) is 5.75 Å². The van der Waals surface area contributed by atoms with Crippen LogP contribution in [0.4, 0.5) is 5.95 Å². The Morgan fingerprint density at radius 3 is 2.88 bits per heavy atom.